The zero-order valence-corrected chi connectivity index (χ0v) is 16.4. The van der Waals surface area contributed by atoms with Crippen LogP contribution in [0.2, 0.25) is 10.0 Å². The highest BCUT2D eigenvalue weighted by Gasteiger charge is 2.12. The smallest absolute Gasteiger partial charge is 0.308 e. The Kier molecular flexibility index (Phi) is 6.69. The van der Waals surface area contributed by atoms with Crippen molar-refractivity contribution in [1.82, 2.24) is 0 Å². The normalized spacial score (nSPS) is 11.5. The number of carbonyl (C=O) groups is 1. The van der Waals surface area contributed by atoms with Crippen LogP contribution in [-0.4, -0.2) is 21.5 Å². The number of hydrogen-bond acceptors (Lipinski definition) is 5. The summed E-state index contributed by atoms with van der Waals surface area (Å²) in [5, 5.41) is 1.83. The maximum Gasteiger partial charge on any atom is 0.308 e. The fourth-order valence-corrected chi connectivity index (χ4v) is 3.81. The second-order valence-corrected chi connectivity index (χ2v) is 8.08. The Morgan fingerprint density at radius 3 is 2.46 bits per heavy atom. The average molecular weight is 415 g/mol. The number of methoxy groups -OCH3 is 1. The summed E-state index contributed by atoms with van der Waals surface area (Å²) in [7, 11) is -2.13. The Hall–Kier alpha value is -2.02. The maximum atomic E-state index is 12.3. The number of benzene rings is 2. The van der Waals surface area contributed by atoms with Gasteiger partial charge in [-0.3, -0.25) is 4.79 Å². The molecule has 0 atom stereocenters. The van der Waals surface area contributed by atoms with Crippen molar-refractivity contribution in [3.05, 3.63) is 63.0 Å². The largest absolute Gasteiger partial charge is 0.493 e. The van der Waals surface area contributed by atoms with Gasteiger partial charge >= 0.3 is 5.97 Å². The van der Waals surface area contributed by atoms with E-state index in [2.05, 4.69) is 0 Å². The summed E-state index contributed by atoms with van der Waals surface area (Å²) in [5.41, 5.74) is 1.03. The van der Waals surface area contributed by atoms with E-state index in [1.165, 1.54) is 32.2 Å². The van der Waals surface area contributed by atoms with Crippen molar-refractivity contribution in [1.29, 1.82) is 0 Å². The lowest BCUT2D eigenvalue weighted by atomic mass is 10.2. The summed E-state index contributed by atoms with van der Waals surface area (Å²) in [6, 6.07) is 9.37. The molecule has 0 bridgehead atoms. The van der Waals surface area contributed by atoms with Crippen LogP contribution in [0.25, 0.3) is 6.08 Å². The molecule has 0 fully saturated rings. The van der Waals surface area contributed by atoms with Gasteiger partial charge in [-0.15, -0.1) is 0 Å². The maximum absolute atomic E-state index is 12.3. The second-order valence-electron chi connectivity index (χ2n) is 5.35. The molecule has 8 heteroatoms. The zero-order valence-electron chi connectivity index (χ0n) is 14.0. The number of ether oxygens (including phenoxy) is 2. The van der Waals surface area contributed by atoms with Crippen LogP contribution < -0.4 is 9.47 Å². The van der Waals surface area contributed by atoms with E-state index in [1.54, 1.807) is 24.3 Å². The average Bonchev–Trinajstić information content (AvgIpc) is 2.56. The molecule has 0 heterocycles. The summed E-state index contributed by atoms with van der Waals surface area (Å²) in [6.07, 6.45) is 1.43. The van der Waals surface area contributed by atoms with Crippen LogP contribution in [0, 0.1) is 0 Å². The first-order valence-corrected chi connectivity index (χ1v) is 9.88. The van der Waals surface area contributed by atoms with Gasteiger partial charge in [-0.05, 0) is 41.5 Å². The molecule has 0 aromatic heterocycles. The molecule has 0 spiro atoms. The van der Waals surface area contributed by atoms with Gasteiger partial charge in [-0.2, -0.15) is 0 Å². The zero-order chi connectivity index (χ0) is 19.3. The minimum atomic E-state index is -3.55. The van der Waals surface area contributed by atoms with E-state index < -0.39 is 15.8 Å². The molecule has 2 rings (SSSR count). The molecule has 0 aliphatic carbocycles. The highest BCUT2D eigenvalue weighted by atomic mass is 35.5. The van der Waals surface area contributed by atoms with Crippen LogP contribution >= 0.6 is 23.2 Å². The first-order chi connectivity index (χ1) is 12.2. The molecule has 0 N–H and O–H groups in total. The molecule has 0 saturated carbocycles. The molecule has 26 heavy (non-hydrogen) atoms. The van der Waals surface area contributed by atoms with Crippen LogP contribution in [0.15, 0.2) is 41.8 Å². The quantitative estimate of drug-likeness (QED) is 0.513. The predicted octanol–water partition coefficient (Wildman–Crippen LogP) is 4.51. The van der Waals surface area contributed by atoms with Crippen molar-refractivity contribution in [3.8, 4) is 11.5 Å². The SMILES string of the molecule is COc1cc(C=CS(=O)(=O)Cc2ccc(Cl)cc2Cl)ccc1OC(C)=O. The van der Waals surface area contributed by atoms with Gasteiger partial charge in [0.15, 0.2) is 21.3 Å². The standard InChI is InChI=1S/C18H16Cl2O5S/c1-12(21)25-17-6-3-13(9-18(17)24-2)7-8-26(22,23)11-14-4-5-15(19)10-16(14)20/h3-10H,11H2,1-2H3. The van der Waals surface area contributed by atoms with E-state index in [0.717, 1.165) is 5.41 Å². The van der Waals surface area contributed by atoms with E-state index in [-0.39, 0.29) is 11.5 Å². The third kappa shape index (κ3) is 5.76. The molecule has 0 aliphatic heterocycles. The van der Waals surface area contributed by atoms with Crippen LogP contribution in [0.3, 0.4) is 0 Å². The van der Waals surface area contributed by atoms with Gasteiger partial charge < -0.3 is 9.47 Å². The Bertz CT molecular complexity index is 952. The van der Waals surface area contributed by atoms with Gasteiger partial charge in [-0.25, -0.2) is 8.42 Å². The van der Waals surface area contributed by atoms with Crippen molar-refractivity contribution in [2.24, 2.45) is 0 Å². The lowest BCUT2D eigenvalue weighted by molar-refractivity contribution is -0.132. The molecule has 138 valence electrons. The number of rotatable bonds is 6. The molecule has 0 amide bonds. The van der Waals surface area contributed by atoms with Crippen LogP contribution in [0.1, 0.15) is 18.1 Å². The van der Waals surface area contributed by atoms with E-state index in [4.69, 9.17) is 32.7 Å². The van der Waals surface area contributed by atoms with Crippen LogP contribution in [0.5, 0.6) is 11.5 Å². The number of esters is 1. The molecule has 0 radical (unpaired) electrons. The fraction of sp³-hybridized carbons (Fsp3) is 0.167. The first kappa shape index (κ1) is 20.3. The molecule has 2 aromatic carbocycles. The number of halogens is 2. The van der Waals surface area contributed by atoms with Crippen LogP contribution in [-0.2, 0) is 20.4 Å². The Morgan fingerprint density at radius 2 is 1.85 bits per heavy atom. The molecule has 0 unspecified atom stereocenters. The second kappa shape index (κ2) is 8.58. The van der Waals surface area contributed by atoms with Gasteiger partial charge in [0, 0.05) is 22.4 Å². The molecule has 0 aliphatic rings. The van der Waals surface area contributed by atoms with Crippen LogP contribution in [0.4, 0.5) is 0 Å². The van der Waals surface area contributed by atoms with Crippen molar-refractivity contribution in [2.75, 3.05) is 7.11 Å². The topological polar surface area (TPSA) is 69.7 Å². The minimum Gasteiger partial charge on any atom is -0.493 e. The van der Waals surface area contributed by atoms with Gasteiger partial charge in [0.05, 0.1) is 12.9 Å². The Labute approximate surface area is 162 Å². The predicted molar refractivity (Wildman–Crippen MR) is 102 cm³/mol. The summed E-state index contributed by atoms with van der Waals surface area (Å²) >= 11 is 11.8. The highest BCUT2D eigenvalue weighted by molar-refractivity contribution is 7.93. The Morgan fingerprint density at radius 1 is 1.12 bits per heavy atom. The molecule has 2 aromatic rings. The molecule has 0 saturated heterocycles. The summed E-state index contributed by atoms with van der Waals surface area (Å²) in [4.78, 5) is 11.1. The number of carbonyl (C=O) groups excluding carboxylic acids is 1. The van der Waals surface area contributed by atoms with Crippen molar-refractivity contribution in [3.63, 3.8) is 0 Å². The van der Waals surface area contributed by atoms with E-state index in [9.17, 15) is 13.2 Å². The monoisotopic (exact) mass is 414 g/mol. The first-order valence-electron chi connectivity index (χ1n) is 7.41. The third-order valence-electron chi connectivity index (χ3n) is 3.28. The Balaban J connectivity index is 2.20. The third-order valence-corrected chi connectivity index (χ3v) is 5.13. The van der Waals surface area contributed by atoms with E-state index in [0.29, 0.717) is 26.9 Å². The molecular formula is C18H16Cl2O5S. The summed E-state index contributed by atoms with van der Waals surface area (Å²) < 4.78 is 34.8. The van der Waals surface area contributed by atoms with Gasteiger partial charge in [0.25, 0.3) is 0 Å². The van der Waals surface area contributed by atoms with Gasteiger partial charge in [0.2, 0.25) is 0 Å². The lowest BCUT2D eigenvalue weighted by Gasteiger charge is -2.08. The molecule has 5 nitrogen and oxygen atoms in total. The minimum absolute atomic E-state index is 0.248. The fourth-order valence-electron chi connectivity index (χ4n) is 2.11. The van der Waals surface area contributed by atoms with Crippen molar-refractivity contribution < 1.29 is 22.7 Å². The molecular weight excluding hydrogens is 399 g/mol. The highest BCUT2D eigenvalue weighted by Crippen LogP contribution is 2.29. The van der Waals surface area contributed by atoms with E-state index >= 15 is 0 Å². The van der Waals surface area contributed by atoms with E-state index in [1.807, 2.05) is 0 Å². The van der Waals surface area contributed by atoms with Gasteiger partial charge in [-0.1, -0.05) is 35.3 Å². The lowest BCUT2D eigenvalue weighted by Crippen LogP contribution is -2.03. The van der Waals surface area contributed by atoms with Crippen molar-refractivity contribution in [2.45, 2.75) is 12.7 Å². The number of hydrogen-bond donors (Lipinski definition) is 0. The summed E-state index contributed by atoms with van der Waals surface area (Å²) in [6.45, 7) is 1.28. The summed E-state index contributed by atoms with van der Waals surface area (Å²) in [5.74, 6) is -0.148. The van der Waals surface area contributed by atoms with Crippen molar-refractivity contribution >= 4 is 45.1 Å². The van der Waals surface area contributed by atoms with Gasteiger partial charge in [0.1, 0.15) is 0 Å². The number of sulfone groups is 1.